The fourth-order valence-corrected chi connectivity index (χ4v) is 5.00. The SMILES string of the molecule is O=C(O)c1cc(S(=O)(=O)F)c2ccccc2c1O.O=C(O)c1cc2ccccc2c(N=Nc2cc(C(F)(F)F)ccc2Cl)c1O. The number of aromatic carboxylic acids is 2. The first kappa shape index (κ1) is 32.6. The van der Waals surface area contributed by atoms with Gasteiger partial charge in [0.2, 0.25) is 0 Å². The fourth-order valence-electron chi connectivity index (χ4n) is 4.14. The van der Waals surface area contributed by atoms with Gasteiger partial charge in [-0.15, -0.1) is 14.1 Å². The van der Waals surface area contributed by atoms with Crippen LogP contribution in [0.15, 0.2) is 94.0 Å². The van der Waals surface area contributed by atoms with E-state index in [0.717, 1.165) is 12.1 Å². The number of fused-ring (bicyclic) bond motifs is 2. The van der Waals surface area contributed by atoms with Crippen molar-refractivity contribution in [2.45, 2.75) is 11.1 Å². The number of alkyl halides is 3. The molecular weight excluding hydrogens is 648 g/mol. The number of nitrogens with zero attached hydrogens (tertiary/aromatic N) is 2. The second-order valence-corrected chi connectivity index (χ2v) is 10.8. The maximum Gasteiger partial charge on any atom is 0.416 e. The van der Waals surface area contributed by atoms with Crippen molar-refractivity contribution in [3.05, 3.63) is 101 Å². The Hall–Kier alpha value is -5.28. The average molecular weight is 665 g/mol. The van der Waals surface area contributed by atoms with E-state index in [1.807, 2.05) is 0 Å². The first-order valence-corrected chi connectivity index (χ1v) is 14.0. The maximum atomic E-state index is 13.1. The van der Waals surface area contributed by atoms with Gasteiger partial charge < -0.3 is 20.4 Å². The van der Waals surface area contributed by atoms with Crippen LogP contribution in [0.5, 0.6) is 11.5 Å². The van der Waals surface area contributed by atoms with Crippen LogP contribution in [0.2, 0.25) is 5.02 Å². The Kier molecular flexibility index (Phi) is 8.97. The second-order valence-electron chi connectivity index (χ2n) is 9.07. The van der Waals surface area contributed by atoms with Gasteiger partial charge in [0, 0.05) is 16.2 Å². The van der Waals surface area contributed by atoms with Gasteiger partial charge in [0.05, 0.1) is 10.6 Å². The number of carbonyl (C=O) groups is 2. The number of carboxylic acids is 2. The zero-order chi connectivity index (χ0) is 33.3. The number of aromatic hydroxyl groups is 2. The molecule has 16 heteroatoms. The molecule has 10 nitrogen and oxygen atoms in total. The second kappa shape index (κ2) is 12.4. The van der Waals surface area contributed by atoms with Crippen LogP contribution in [0.4, 0.5) is 28.4 Å². The van der Waals surface area contributed by atoms with Crippen molar-refractivity contribution in [2.75, 3.05) is 0 Å². The van der Waals surface area contributed by atoms with Gasteiger partial charge in [0.1, 0.15) is 33.1 Å². The first-order chi connectivity index (χ1) is 21.0. The molecule has 0 saturated heterocycles. The molecule has 4 N–H and O–H groups in total. The Morgan fingerprint density at radius 3 is 1.87 bits per heavy atom. The van der Waals surface area contributed by atoms with Crippen LogP contribution in [0.3, 0.4) is 0 Å². The summed E-state index contributed by atoms with van der Waals surface area (Å²) >= 11 is 5.87. The highest BCUT2D eigenvalue weighted by atomic mass is 35.5. The van der Waals surface area contributed by atoms with Gasteiger partial charge >= 0.3 is 28.3 Å². The maximum absolute atomic E-state index is 13.1. The van der Waals surface area contributed by atoms with Gasteiger partial charge in [-0.2, -0.15) is 21.6 Å². The van der Waals surface area contributed by atoms with Crippen LogP contribution in [-0.2, 0) is 16.4 Å². The van der Waals surface area contributed by atoms with E-state index >= 15 is 0 Å². The highest BCUT2D eigenvalue weighted by Gasteiger charge is 2.31. The highest BCUT2D eigenvalue weighted by molar-refractivity contribution is 7.86. The molecule has 45 heavy (non-hydrogen) atoms. The van der Waals surface area contributed by atoms with E-state index in [-0.39, 0.29) is 27.2 Å². The molecule has 0 amide bonds. The van der Waals surface area contributed by atoms with Crippen molar-refractivity contribution in [3.8, 4) is 11.5 Å². The van der Waals surface area contributed by atoms with Gasteiger partial charge in [0.15, 0.2) is 5.75 Å². The smallest absolute Gasteiger partial charge is 0.416 e. The first-order valence-electron chi connectivity index (χ1n) is 12.2. The van der Waals surface area contributed by atoms with Gasteiger partial charge in [-0.25, -0.2) is 9.59 Å². The molecule has 0 spiro atoms. The van der Waals surface area contributed by atoms with Crippen molar-refractivity contribution in [1.29, 1.82) is 0 Å². The summed E-state index contributed by atoms with van der Waals surface area (Å²) in [6, 6.07) is 16.4. The third-order valence-corrected chi connectivity index (χ3v) is 7.41. The van der Waals surface area contributed by atoms with Crippen LogP contribution in [0.25, 0.3) is 21.5 Å². The molecule has 0 bridgehead atoms. The van der Waals surface area contributed by atoms with Crippen molar-refractivity contribution < 1.29 is 55.5 Å². The van der Waals surface area contributed by atoms with Crippen molar-refractivity contribution >= 4 is 66.7 Å². The zero-order valence-electron chi connectivity index (χ0n) is 22.1. The lowest BCUT2D eigenvalue weighted by Crippen LogP contribution is -2.03. The number of azo groups is 1. The predicted octanol–water partition coefficient (Wildman–Crippen LogP) is 8.23. The minimum Gasteiger partial charge on any atom is -0.506 e. The summed E-state index contributed by atoms with van der Waals surface area (Å²) in [5.41, 5.74) is -2.48. The van der Waals surface area contributed by atoms with Gasteiger partial charge in [-0.05, 0) is 35.7 Å². The molecule has 232 valence electrons. The molecule has 0 aliphatic heterocycles. The van der Waals surface area contributed by atoms with Gasteiger partial charge in [0.25, 0.3) is 0 Å². The van der Waals surface area contributed by atoms with E-state index in [0.29, 0.717) is 22.9 Å². The topological polar surface area (TPSA) is 174 Å². The molecule has 0 fully saturated rings. The number of rotatable bonds is 5. The lowest BCUT2D eigenvalue weighted by molar-refractivity contribution is -0.137. The molecule has 0 saturated carbocycles. The third kappa shape index (κ3) is 6.94. The molecular formula is C29H17ClF4N2O8S. The molecule has 0 unspecified atom stereocenters. The Morgan fingerprint density at radius 1 is 0.733 bits per heavy atom. The average Bonchev–Trinajstić information content (AvgIpc) is 2.96. The highest BCUT2D eigenvalue weighted by Crippen LogP contribution is 2.41. The lowest BCUT2D eigenvalue weighted by Gasteiger charge is -2.09. The number of carboxylic acid groups (broad SMARTS) is 2. The number of halogens is 5. The molecule has 0 aliphatic rings. The van der Waals surface area contributed by atoms with Crippen LogP contribution in [0.1, 0.15) is 26.3 Å². The van der Waals surface area contributed by atoms with Gasteiger partial charge in [-0.3, -0.25) is 0 Å². The van der Waals surface area contributed by atoms with Gasteiger partial charge in [-0.1, -0.05) is 60.1 Å². The summed E-state index contributed by atoms with van der Waals surface area (Å²) in [7, 11) is -5.08. The normalized spacial score (nSPS) is 11.8. The molecule has 0 aromatic heterocycles. The van der Waals surface area contributed by atoms with Crippen LogP contribution < -0.4 is 0 Å². The molecule has 5 aromatic carbocycles. The molecule has 0 radical (unpaired) electrons. The summed E-state index contributed by atoms with van der Waals surface area (Å²) in [6.07, 6.45) is -4.59. The third-order valence-electron chi connectivity index (χ3n) is 6.23. The van der Waals surface area contributed by atoms with Crippen LogP contribution in [0, 0.1) is 0 Å². The largest absolute Gasteiger partial charge is 0.506 e. The van der Waals surface area contributed by atoms with Crippen LogP contribution >= 0.6 is 11.6 Å². The molecule has 5 rings (SSSR count). The summed E-state index contributed by atoms with van der Waals surface area (Å²) in [5, 5.41) is 46.2. The number of benzene rings is 5. The number of hydrogen-bond acceptors (Lipinski definition) is 8. The van der Waals surface area contributed by atoms with E-state index in [9.17, 15) is 50.4 Å². The van der Waals surface area contributed by atoms with E-state index in [1.54, 1.807) is 24.3 Å². The predicted molar refractivity (Wildman–Crippen MR) is 154 cm³/mol. The number of phenols is 2. The van der Waals surface area contributed by atoms with E-state index < -0.39 is 61.4 Å². The summed E-state index contributed by atoms with van der Waals surface area (Å²) in [5.74, 6) is -4.16. The van der Waals surface area contributed by atoms with E-state index in [2.05, 4.69) is 10.2 Å². The summed E-state index contributed by atoms with van der Waals surface area (Å²) < 4.78 is 73.7. The summed E-state index contributed by atoms with van der Waals surface area (Å²) in [4.78, 5) is 21.4. The van der Waals surface area contributed by atoms with Crippen molar-refractivity contribution in [2.24, 2.45) is 10.2 Å². The van der Waals surface area contributed by atoms with Crippen LogP contribution in [-0.4, -0.2) is 40.8 Å². The minimum absolute atomic E-state index is 0.0337. The number of hydrogen-bond donors (Lipinski definition) is 4. The van der Waals surface area contributed by atoms with Crippen molar-refractivity contribution in [1.82, 2.24) is 0 Å². The monoisotopic (exact) mass is 664 g/mol. The summed E-state index contributed by atoms with van der Waals surface area (Å²) in [6.45, 7) is 0. The molecule has 5 aromatic rings. The molecule has 0 heterocycles. The van der Waals surface area contributed by atoms with E-state index in [1.165, 1.54) is 30.3 Å². The Balaban J connectivity index is 0.000000222. The molecule has 0 aliphatic carbocycles. The van der Waals surface area contributed by atoms with E-state index in [4.69, 9.17) is 16.7 Å². The Morgan fingerprint density at radius 2 is 1.29 bits per heavy atom. The standard InChI is InChI=1S/C18H10ClF3N2O3.C11H7FO5S/c19-13-6-5-10(18(20,21)22)8-14(13)23-24-15-11-4-2-1-3-9(11)7-12(16(15)25)17(26)27;12-18(16,17)9-5-8(11(14)15)10(13)7-4-2-1-3-6(7)9/h1-8,25H,(H,26,27);1-5,13H,(H,14,15). The fraction of sp³-hybridized carbons (Fsp3) is 0.0345. The lowest BCUT2D eigenvalue weighted by atomic mass is 10.0. The Bertz CT molecular complexity index is 2140. The van der Waals surface area contributed by atoms with Crippen molar-refractivity contribution in [3.63, 3.8) is 0 Å². The molecule has 0 atom stereocenters. The zero-order valence-corrected chi connectivity index (χ0v) is 23.7. The minimum atomic E-state index is -5.08. The Labute approximate surface area is 255 Å². The quantitative estimate of drug-likeness (QED) is 0.0825.